The Morgan fingerprint density at radius 1 is 1.14 bits per heavy atom. The molecular weight excluding hydrogens is 488 g/mol. The molecule has 2 aromatic carbocycles. The zero-order valence-corrected chi connectivity index (χ0v) is 21.7. The number of nitrogens with zero attached hydrogens (tertiary/aromatic N) is 6. The van der Waals surface area contributed by atoms with E-state index in [0.717, 1.165) is 31.9 Å². The fourth-order valence-corrected chi connectivity index (χ4v) is 5.00. The van der Waals surface area contributed by atoms with Gasteiger partial charge in [-0.25, -0.2) is 18.6 Å². The number of benzene rings is 2. The van der Waals surface area contributed by atoms with E-state index in [4.69, 9.17) is 4.98 Å². The number of nitrogens with one attached hydrogen (secondary N) is 2. The van der Waals surface area contributed by atoms with Crippen LogP contribution in [0.5, 0.6) is 0 Å². The zero-order chi connectivity index (χ0) is 26.0. The standard InChI is InChI=1S/C26H30N8O2S/c1-4-14-33-25(35)23-18-28-26(29-19-8-10-21(11-9-19)32-15-12-27-13-16-32)30-24(23)34(33)22-7-5-6-20(17-22)31-37(2,3)36/h4-11,17-18,27H,1,12-16H2,2-3H3,(H,28,29,30). The Hall–Kier alpha value is -3.96. The van der Waals surface area contributed by atoms with Crippen LogP contribution >= 0.6 is 0 Å². The van der Waals surface area contributed by atoms with Crippen LogP contribution < -0.4 is 21.1 Å². The van der Waals surface area contributed by atoms with Gasteiger partial charge in [0.1, 0.15) is 5.39 Å². The predicted molar refractivity (Wildman–Crippen MR) is 150 cm³/mol. The molecule has 0 atom stereocenters. The van der Waals surface area contributed by atoms with Crippen molar-refractivity contribution < 1.29 is 4.21 Å². The molecule has 2 N–H and O–H groups in total. The van der Waals surface area contributed by atoms with E-state index in [9.17, 15) is 9.00 Å². The van der Waals surface area contributed by atoms with Crippen LogP contribution in [-0.4, -0.2) is 62.2 Å². The van der Waals surface area contributed by atoms with E-state index in [0.29, 0.717) is 28.4 Å². The van der Waals surface area contributed by atoms with Crippen molar-refractivity contribution in [1.82, 2.24) is 24.6 Å². The van der Waals surface area contributed by atoms with Crippen LogP contribution in [0.15, 0.2) is 76.5 Å². The molecule has 11 heteroatoms. The Bertz CT molecular complexity index is 1620. The van der Waals surface area contributed by atoms with Crippen LogP contribution in [-0.2, 0) is 16.3 Å². The lowest BCUT2D eigenvalue weighted by Gasteiger charge is -2.29. The first-order valence-corrected chi connectivity index (χ1v) is 14.4. The van der Waals surface area contributed by atoms with Gasteiger partial charge in [0.15, 0.2) is 5.65 Å². The minimum atomic E-state index is -2.35. The molecule has 0 spiro atoms. The summed E-state index contributed by atoms with van der Waals surface area (Å²) in [7, 11) is -2.35. The Labute approximate surface area is 215 Å². The summed E-state index contributed by atoms with van der Waals surface area (Å²) < 4.78 is 19.8. The van der Waals surface area contributed by atoms with Gasteiger partial charge in [-0.05, 0) is 42.5 Å². The molecular formula is C26H30N8O2S. The number of piperazine rings is 1. The second kappa shape index (κ2) is 10.2. The van der Waals surface area contributed by atoms with Crippen molar-refractivity contribution in [1.29, 1.82) is 0 Å². The third-order valence-corrected chi connectivity index (χ3v) is 6.63. The monoisotopic (exact) mass is 518 g/mol. The minimum absolute atomic E-state index is 0.223. The predicted octanol–water partition coefficient (Wildman–Crippen LogP) is 3.28. The van der Waals surface area contributed by atoms with Crippen molar-refractivity contribution in [2.45, 2.75) is 6.54 Å². The van der Waals surface area contributed by atoms with Crippen LogP contribution in [0, 0.1) is 0 Å². The first-order chi connectivity index (χ1) is 17.8. The summed E-state index contributed by atoms with van der Waals surface area (Å²) in [5.74, 6) is 0.373. The molecule has 0 radical (unpaired) electrons. The van der Waals surface area contributed by atoms with E-state index in [-0.39, 0.29) is 12.1 Å². The maximum Gasteiger partial charge on any atom is 0.278 e. The van der Waals surface area contributed by atoms with Crippen LogP contribution in [0.25, 0.3) is 16.7 Å². The fraction of sp³-hybridized carbons (Fsp3) is 0.269. The molecule has 5 rings (SSSR count). The number of hydrogen-bond donors (Lipinski definition) is 2. The van der Waals surface area contributed by atoms with Crippen LogP contribution in [0.3, 0.4) is 0 Å². The Balaban J connectivity index is 1.53. The quantitative estimate of drug-likeness (QED) is 0.361. The Morgan fingerprint density at radius 2 is 1.89 bits per heavy atom. The van der Waals surface area contributed by atoms with Gasteiger partial charge in [0.05, 0.1) is 17.9 Å². The Morgan fingerprint density at radius 3 is 2.59 bits per heavy atom. The van der Waals surface area contributed by atoms with E-state index in [2.05, 4.69) is 43.6 Å². The SMILES string of the molecule is C=CCn1c(=O)c2cnc(Nc3ccc(N4CCNCC4)cc3)nc2n1-c1cccc(N=S(C)(C)=O)c1. The lowest BCUT2D eigenvalue weighted by Crippen LogP contribution is -2.43. The molecule has 0 amide bonds. The third kappa shape index (κ3) is 5.42. The number of aromatic nitrogens is 4. The van der Waals surface area contributed by atoms with Gasteiger partial charge in [0.25, 0.3) is 5.56 Å². The maximum absolute atomic E-state index is 13.2. The molecule has 37 heavy (non-hydrogen) atoms. The van der Waals surface area contributed by atoms with Gasteiger partial charge in [-0.2, -0.15) is 9.35 Å². The van der Waals surface area contributed by atoms with E-state index in [1.807, 2.05) is 24.3 Å². The lowest BCUT2D eigenvalue weighted by atomic mass is 10.2. The summed E-state index contributed by atoms with van der Waals surface area (Å²) in [6.07, 6.45) is 6.36. The summed E-state index contributed by atoms with van der Waals surface area (Å²) >= 11 is 0. The molecule has 0 bridgehead atoms. The topological polar surface area (TPSA) is 109 Å². The summed E-state index contributed by atoms with van der Waals surface area (Å²) in [4.78, 5) is 24.7. The summed E-state index contributed by atoms with van der Waals surface area (Å²) in [5, 5.41) is 7.01. The smallest absolute Gasteiger partial charge is 0.278 e. The van der Waals surface area contributed by atoms with Crippen molar-refractivity contribution in [2.24, 2.45) is 4.36 Å². The third-order valence-electron chi connectivity index (χ3n) is 5.98. The zero-order valence-electron chi connectivity index (χ0n) is 20.9. The summed E-state index contributed by atoms with van der Waals surface area (Å²) in [5.41, 5.74) is 3.48. The number of anilines is 3. The van der Waals surface area contributed by atoms with Crippen LogP contribution in [0.4, 0.5) is 23.0 Å². The van der Waals surface area contributed by atoms with E-state index in [1.165, 1.54) is 11.9 Å². The average molecular weight is 519 g/mol. The number of rotatable bonds is 7. The van der Waals surface area contributed by atoms with Crippen molar-refractivity contribution >= 4 is 43.8 Å². The van der Waals surface area contributed by atoms with Gasteiger partial charge in [-0.1, -0.05) is 12.1 Å². The molecule has 1 saturated heterocycles. The highest BCUT2D eigenvalue weighted by Gasteiger charge is 2.17. The van der Waals surface area contributed by atoms with Crippen molar-refractivity contribution in [3.05, 3.63) is 77.7 Å². The first-order valence-electron chi connectivity index (χ1n) is 12.0. The fourth-order valence-electron chi connectivity index (χ4n) is 4.38. The highest BCUT2D eigenvalue weighted by atomic mass is 32.2. The lowest BCUT2D eigenvalue weighted by molar-refractivity contribution is 0.589. The number of fused-ring (bicyclic) bond motifs is 1. The van der Waals surface area contributed by atoms with Crippen molar-refractivity contribution in [2.75, 3.05) is 48.9 Å². The summed E-state index contributed by atoms with van der Waals surface area (Å²) in [6.45, 7) is 8.00. The molecule has 0 unspecified atom stereocenters. The maximum atomic E-state index is 13.2. The second-order valence-electron chi connectivity index (χ2n) is 9.12. The molecule has 1 aliphatic rings. The molecule has 3 heterocycles. The van der Waals surface area contributed by atoms with Crippen molar-refractivity contribution in [3.8, 4) is 5.69 Å². The largest absolute Gasteiger partial charge is 0.369 e. The molecule has 10 nitrogen and oxygen atoms in total. The summed E-state index contributed by atoms with van der Waals surface area (Å²) in [6, 6.07) is 15.4. The van der Waals surface area contributed by atoms with E-state index < -0.39 is 9.73 Å². The van der Waals surface area contributed by atoms with Gasteiger partial charge in [-0.15, -0.1) is 6.58 Å². The molecule has 1 aliphatic heterocycles. The number of allylic oxidation sites excluding steroid dienone is 1. The van der Waals surface area contributed by atoms with E-state index >= 15 is 0 Å². The van der Waals surface area contributed by atoms with Crippen LogP contribution in [0.1, 0.15) is 0 Å². The molecule has 0 aliphatic carbocycles. The first kappa shape index (κ1) is 24.7. The molecule has 4 aromatic rings. The van der Waals surface area contributed by atoms with Gasteiger partial charge >= 0.3 is 0 Å². The van der Waals surface area contributed by atoms with Gasteiger partial charge in [0.2, 0.25) is 5.95 Å². The van der Waals surface area contributed by atoms with Crippen molar-refractivity contribution in [3.63, 3.8) is 0 Å². The molecule has 192 valence electrons. The highest BCUT2D eigenvalue weighted by Crippen LogP contribution is 2.24. The van der Waals surface area contributed by atoms with E-state index in [1.54, 1.807) is 40.1 Å². The Kier molecular flexibility index (Phi) is 6.81. The molecule has 0 saturated carbocycles. The highest BCUT2D eigenvalue weighted by molar-refractivity contribution is 7.92. The second-order valence-corrected chi connectivity index (χ2v) is 11.7. The number of hydrogen-bond acceptors (Lipinski definition) is 8. The van der Waals surface area contributed by atoms with Crippen LogP contribution in [0.2, 0.25) is 0 Å². The molecule has 1 fully saturated rings. The van der Waals surface area contributed by atoms with Gasteiger partial charge in [-0.3, -0.25) is 4.79 Å². The van der Waals surface area contributed by atoms with Gasteiger partial charge < -0.3 is 15.5 Å². The van der Waals surface area contributed by atoms with Gasteiger partial charge in [0, 0.05) is 66.0 Å². The molecule has 2 aromatic heterocycles. The minimum Gasteiger partial charge on any atom is -0.369 e. The normalized spacial score (nSPS) is 14.1. The average Bonchev–Trinajstić information content (AvgIpc) is 3.15.